The van der Waals surface area contributed by atoms with Gasteiger partial charge in [0.15, 0.2) is 0 Å². The van der Waals surface area contributed by atoms with Crippen LogP contribution in [0.2, 0.25) is 0 Å². The molecule has 0 saturated carbocycles. The molecule has 4 heteroatoms. The first-order chi connectivity index (χ1) is 7.26. The van der Waals surface area contributed by atoms with Gasteiger partial charge in [-0.05, 0) is 12.1 Å². The molecule has 0 fully saturated rings. The van der Waals surface area contributed by atoms with Crippen molar-refractivity contribution in [3.05, 3.63) is 34.5 Å². The molecule has 0 amide bonds. The third-order valence-electron chi connectivity index (χ3n) is 1.85. The van der Waals surface area contributed by atoms with E-state index in [0.717, 1.165) is 18.0 Å². The molecule has 0 aliphatic heterocycles. The third-order valence-corrected chi connectivity index (χ3v) is 2.94. The maximum absolute atomic E-state index is 11.0. The number of rotatable bonds is 6. The lowest BCUT2D eigenvalue weighted by Gasteiger charge is -1.97. The van der Waals surface area contributed by atoms with E-state index in [1.54, 1.807) is 11.3 Å². The van der Waals surface area contributed by atoms with Crippen molar-refractivity contribution in [2.75, 3.05) is 13.7 Å². The zero-order valence-corrected chi connectivity index (χ0v) is 9.60. The van der Waals surface area contributed by atoms with Crippen LogP contribution < -0.4 is 5.32 Å². The molecule has 0 spiro atoms. The number of hydrogen-bond acceptors (Lipinski definition) is 4. The van der Waals surface area contributed by atoms with Crippen molar-refractivity contribution in [1.82, 2.24) is 5.32 Å². The van der Waals surface area contributed by atoms with Crippen LogP contribution in [0.5, 0.6) is 0 Å². The summed E-state index contributed by atoms with van der Waals surface area (Å²) in [7, 11) is 1.41. The van der Waals surface area contributed by atoms with E-state index in [4.69, 9.17) is 0 Å². The number of hydrogen-bond donors (Lipinski definition) is 1. The van der Waals surface area contributed by atoms with Crippen LogP contribution in [0.4, 0.5) is 0 Å². The van der Waals surface area contributed by atoms with E-state index in [1.807, 2.05) is 18.2 Å². The lowest BCUT2D eigenvalue weighted by molar-refractivity contribution is -0.139. The van der Waals surface area contributed by atoms with Crippen molar-refractivity contribution >= 4 is 17.3 Å². The molecule has 0 bridgehead atoms. The van der Waals surface area contributed by atoms with Gasteiger partial charge in [-0.2, -0.15) is 0 Å². The molecule has 1 aromatic rings. The highest BCUT2D eigenvalue weighted by molar-refractivity contribution is 7.12. The fraction of sp³-hybridized carbons (Fsp3) is 0.364. The predicted molar refractivity (Wildman–Crippen MR) is 61.9 cm³/mol. The van der Waals surface area contributed by atoms with Gasteiger partial charge in [-0.3, -0.25) is 4.79 Å². The van der Waals surface area contributed by atoms with E-state index >= 15 is 0 Å². The average Bonchev–Trinajstić information content (AvgIpc) is 2.66. The van der Waals surface area contributed by atoms with Gasteiger partial charge in [-0.15, -0.1) is 17.9 Å². The van der Waals surface area contributed by atoms with E-state index in [0.29, 0.717) is 6.42 Å². The van der Waals surface area contributed by atoms with Crippen LogP contribution in [-0.2, 0) is 22.5 Å². The molecule has 0 aromatic carbocycles. The highest BCUT2D eigenvalue weighted by Gasteiger charge is 2.05. The Bertz CT molecular complexity index is 333. The molecule has 0 aliphatic rings. The van der Waals surface area contributed by atoms with Crippen molar-refractivity contribution in [2.24, 2.45) is 0 Å². The lowest BCUT2D eigenvalue weighted by Crippen LogP contribution is -2.11. The minimum Gasteiger partial charge on any atom is -0.469 e. The van der Waals surface area contributed by atoms with Crippen molar-refractivity contribution in [1.29, 1.82) is 0 Å². The van der Waals surface area contributed by atoms with Gasteiger partial charge in [-0.25, -0.2) is 0 Å². The first kappa shape index (κ1) is 11.9. The summed E-state index contributed by atoms with van der Waals surface area (Å²) in [6, 6.07) is 3.99. The van der Waals surface area contributed by atoms with Crippen LogP contribution in [0.3, 0.4) is 0 Å². The van der Waals surface area contributed by atoms with Crippen LogP contribution in [0, 0.1) is 0 Å². The van der Waals surface area contributed by atoms with Crippen molar-refractivity contribution < 1.29 is 9.53 Å². The van der Waals surface area contributed by atoms with Gasteiger partial charge in [0, 0.05) is 22.8 Å². The molecule has 0 atom stereocenters. The van der Waals surface area contributed by atoms with E-state index < -0.39 is 0 Å². The standard InChI is InChI=1S/C11H15NO2S/c1-3-6-12-8-10-5-4-9(15-10)7-11(13)14-2/h3-5,12H,1,6-8H2,2H3. The summed E-state index contributed by atoms with van der Waals surface area (Å²) < 4.78 is 4.60. The highest BCUT2D eigenvalue weighted by atomic mass is 32.1. The van der Waals surface area contributed by atoms with Gasteiger partial charge in [-0.1, -0.05) is 6.08 Å². The molecule has 0 unspecified atom stereocenters. The fourth-order valence-corrected chi connectivity index (χ4v) is 2.10. The van der Waals surface area contributed by atoms with Gasteiger partial charge in [0.1, 0.15) is 0 Å². The number of ether oxygens (including phenoxy) is 1. The van der Waals surface area contributed by atoms with Gasteiger partial charge in [0.05, 0.1) is 13.5 Å². The number of thiophene rings is 1. The van der Waals surface area contributed by atoms with Crippen LogP contribution >= 0.6 is 11.3 Å². The zero-order chi connectivity index (χ0) is 11.1. The zero-order valence-electron chi connectivity index (χ0n) is 8.79. The minimum absolute atomic E-state index is 0.192. The van der Waals surface area contributed by atoms with E-state index in [1.165, 1.54) is 12.0 Å². The maximum atomic E-state index is 11.0. The van der Waals surface area contributed by atoms with E-state index in [2.05, 4.69) is 16.6 Å². The number of carbonyl (C=O) groups excluding carboxylic acids is 1. The van der Waals surface area contributed by atoms with Crippen molar-refractivity contribution in [2.45, 2.75) is 13.0 Å². The van der Waals surface area contributed by atoms with Gasteiger partial charge < -0.3 is 10.1 Å². The van der Waals surface area contributed by atoms with Crippen LogP contribution in [0.15, 0.2) is 24.8 Å². The molecule has 1 rings (SSSR count). The van der Waals surface area contributed by atoms with Crippen LogP contribution in [0.1, 0.15) is 9.75 Å². The molecule has 1 N–H and O–H groups in total. The second kappa shape index (κ2) is 6.37. The number of esters is 1. The molecular formula is C11H15NO2S. The molecule has 0 aliphatic carbocycles. The normalized spacial score (nSPS) is 9.93. The lowest BCUT2D eigenvalue weighted by atomic mass is 10.3. The summed E-state index contributed by atoms with van der Waals surface area (Å²) in [6.45, 7) is 5.24. The van der Waals surface area contributed by atoms with Crippen LogP contribution in [0.25, 0.3) is 0 Å². The molecule has 15 heavy (non-hydrogen) atoms. The first-order valence-electron chi connectivity index (χ1n) is 4.72. The summed E-state index contributed by atoms with van der Waals surface area (Å²) in [5.74, 6) is -0.192. The Kier molecular flexibility index (Phi) is 5.07. The summed E-state index contributed by atoms with van der Waals surface area (Å²) in [5, 5.41) is 3.21. The molecular weight excluding hydrogens is 210 g/mol. The Morgan fingerprint density at radius 1 is 1.60 bits per heavy atom. The van der Waals surface area contributed by atoms with Gasteiger partial charge >= 0.3 is 5.97 Å². The Morgan fingerprint density at radius 2 is 2.33 bits per heavy atom. The summed E-state index contributed by atoms with van der Waals surface area (Å²) in [5.41, 5.74) is 0. The summed E-state index contributed by atoms with van der Waals surface area (Å²) >= 11 is 1.63. The Labute approximate surface area is 93.8 Å². The number of carbonyl (C=O) groups is 1. The minimum atomic E-state index is -0.192. The van der Waals surface area contributed by atoms with Crippen molar-refractivity contribution in [3.8, 4) is 0 Å². The molecule has 1 heterocycles. The Hall–Kier alpha value is -1.13. The number of methoxy groups -OCH3 is 1. The van der Waals surface area contributed by atoms with E-state index in [9.17, 15) is 4.79 Å². The van der Waals surface area contributed by atoms with Crippen LogP contribution in [-0.4, -0.2) is 19.6 Å². The topological polar surface area (TPSA) is 38.3 Å². The second-order valence-electron chi connectivity index (χ2n) is 3.04. The van der Waals surface area contributed by atoms with E-state index in [-0.39, 0.29) is 5.97 Å². The SMILES string of the molecule is C=CCNCc1ccc(CC(=O)OC)s1. The third kappa shape index (κ3) is 4.27. The quantitative estimate of drug-likeness (QED) is 0.455. The van der Waals surface area contributed by atoms with Crippen molar-refractivity contribution in [3.63, 3.8) is 0 Å². The number of nitrogens with one attached hydrogen (secondary N) is 1. The predicted octanol–water partition coefficient (Wildman–Crippen LogP) is 1.74. The summed E-state index contributed by atoms with van der Waals surface area (Å²) in [6.07, 6.45) is 2.19. The smallest absolute Gasteiger partial charge is 0.310 e. The van der Waals surface area contributed by atoms with Gasteiger partial charge in [0.2, 0.25) is 0 Å². The molecule has 3 nitrogen and oxygen atoms in total. The maximum Gasteiger partial charge on any atom is 0.310 e. The monoisotopic (exact) mass is 225 g/mol. The second-order valence-corrected chi connectivity index (χ2v) is 4.29. The molecule has 1 aromatic heterocycles. The average molecular weight is 225 g/mol. The largest absolute Gasteiger partial charge is 0.469 e. The summed E-state index contributed by atoms with van der Waals surface area (Å²) in [4.78, 5) is 13.3. The van der Waals surface area contributed by atoms with Gasteiger partial charge in [0.25, 0.3) is 0 Å². The highest BCUT2D eigenvalue weighted by Crippen LogP contribution is 2.17. The Balaban J connectivity index is 2.41. The molecule has 0 radical (unpaired) electrons. The molecule has 0 saturated heterocycles. The first-order valence-corrected chi connectivity index (χ1v) is 5.54. The Morgan fingerprint density at radius 3 is 3.00 bits per heavy atom. The molecule has 82 valence electrons. The fourth-order valence-electron chi connectivity index (χ4n) is 1.12.